The molecule has 0 aliphatic heterocycles. The van der Waals surface area contributed by atoms with Crippen LogP contribution in [0.15, 0.2) is 42.6 Å². The van der Waals surface area contributed by atoms with E-state index in [0.29, 0.717) is 18.7 Å². The van der Waals surface area contributed by atoms with Gasteiger partial charge in [0.05, 0.1) is 22.8 Å². The molecule has 6 nitrogen and oxygen atoms in total. The second kappa shape index (κ2) is 11.6. The first-order valence-corrected chi connectivity index (χ1v) is 9.15. The largest absolute Gasteiger partial charge is 0.351 e. The Kier molecular flexibility index (Phi) is 9.93. The average Bonchev–Trinajstić information content (AvgIpc) is 3.10. The van der Waals surface area contributed by atoms with Crippen molar-refractivity contribution >= 4 is 41.8 Å². The highest BCUT2D eigenvalue weighted by Crippen LogP contribution is 2.24. The van der Waals surface area contributed by atoms with E-state index < -0.39 is 0 Å². The van der Waals surface area contributed by atoms with Crippen LogP contribution in [-0.2, 0) is 6.54 Å². The van der Waals surface area contributed by atoms with Crippen molar-refractivity contribution in [3.05, 3.63) is 48.2 Å². The molecule has 3 rings (SSSR count). The van der Waals surface area contributed by atoms with Crippen LogP contribution in [0, 0.1) is 0 Å². The molecule has 8 heteroatoms. The minimum absolute atomic E-state index is 0. The molecule has 0 atom stereocenters. The van der Waals surface area contributed by atoms with E-state index in [1.165, 1.54) is 0 Å². The van der Waals surface area contributed by atoms with Crippen molar-refractivity contribution < 1.29 is 4.79 Å². The predicted molar refractivity (Wildman–Crippen MR) is 119 cm³/mol. The number of rotatable bonds is 8. The van der Waals surface area contributed by atoms with Crippen molar-refractivity contribution in [2.45, 2.75) is 26.8 Å². The quantitative estimate of drug-likeness (QED) is 0.541. The highest BCUT2D eigenvalue weighted by molar-refractivity contribution is 6.06. The summed E-state index contributed by atoms with van der Waals surface area (Å²) in [7, 11) is 0. The molecule has 1 amide bonds. The lowest BCUT2D eigenvalue weighted by Gasteiger charge is -2.10. The normalized spacial score (nSPS) is 10.2. The number of benzene rings is 1. The number of pyridine rings is 1. The average molecular weight is 424 g/mol. The first-order valence-electron chi connectivity index (χ1n) is 9.15. The Labute approximate surface area is 177 Å². The summed E-state index contributed by atoms with van der Waals surface area (Å²) in [5, 5.41) is 11.4. The van der Waals surface area contributed by atoms with Gasteiger partial charge in [-0.15, -0.1) is 24.8 Å². The molecule has 0 bridgehead atoms. The Balaban J connectivity index is 0.00000196. The van der Waals surface area contributed by atoms with Gasteiger partial charge in [-0.05, 0) is 26.0 Å². The van der Waals surface area contributed by atoms with Gasteiger partial charge >= 0.3 is 0 Å². The van der Waals surface area contributed by atoms with E-state index in [4.69, 9.17) is 4.98 Å². The van der Waals surface area contributed by atoms with Gasteiger partial charge < -0.3 is 10.6 Å². The van der Waals surface area contributed by atoms with Gasteiger partial charge in [0, 0.05) is 25.2 Å². The van der Waals surface area contributed by atoms with E-state index in [-0.39, 0.29) is 30.7 Å². The Morgan fingerprint density at radius 2 is 1.82 bits per heavy atom. The van der Waals surface area contributed by atoms with Crippen molar-refractivity contribution in [3.63, 3.8) is 0 Å². The smallest absolute Gasteiger partial charge is 0.252 e. The number of halogens is 2. The molecule has 0 aliphatic rings. The molecule has 2 aromatic heterocycles. The van der Waals surface area contributed by atoms with Crippen LogP contribution < -0.4 is 10.6 Å². The van der Waals surface area contributed by atoms with E-state index >= 15 is 0 Å². The van der Waals surface area contributed by atoms with E-state index in [2.05, 4.69) is 22.7 Å². The fourth-order valence-corrected chi connectivity index (χ4v) is 2.89. The maximum Gasteiger partial charge on any atom is 0.252 e. The van der Waals surface area contributed by atoms with Gasteiger partial charge in [-0.25, -0.2) is 9.67 Å². The van der Waals surface area contributed by atoms with Crippen molar-refractivity contribution in [3.8, 4) is 11.3 Å². The van der Waals surface area contributed by atoms with Crippen LogP contribution in [0.4, 0.5) is 0 Å². The number of carbonyl (C=O) groups is 1. The molecule has 0 saturated carbocycles. The number of fused-ring (bicyclic) bond motifs is 1. The summed E-state index contributed by atoms with van der Waals surface area (Å²) in [6, 6.07) is 11.8. The molecule has 0 saturated heterocycles. The van der Waals surface area contributed by atoms with E-state index in [1.807, 2.05) is 48.0 Å². The molecule has 2 heterocycles. The third-order valence-corrected chi connectivity index (χ3v) is 4.24. The number of hydrogen-bond donors (Lipinski definition) is 2. The van der Waals surface area contributed by atoms with Crippen LogP contribution in [0.3, 0.4) is 0 Å². The van der Waals surface area contributed by atoms with Gasteiger partial charge in [-0.2, -0.15) is 5.10 Å². The Bertz CT molecular complexity index is 883. The molecule has 28 heavy (non-hydrogen) atoms. The summed E-state index contributed by atoms with van der Waals surface area (Å²) in [6.45, 7) is 7.14. The number of aromatic nitrogens is 3. The predicted octanol–water partition coefficient (Wildman–Crippen LogP) is 3.69. The van der Waals surface area contributed by atoms with Crippen molar-refractivity contribution in [2.24, 2.45) is 0 Å². The van der Waals surface area contributed by atoms with Gasteiger partial charge in [-0.1, -0.05) is 37.3 Å². The van der Waals surface area contributed by atoms with Crippen molar-refractivity contribution in [1.29, 1.82) is 0 Å². The molecule has 0 aliphatic carbocycles. The molecular formula is C20H27Cl2N5O. The standard InChI is InChI=1S/C20H25N5O.2ClH/c1-3-10-21-11-12-22-20(26)16-13-18(15-8-6-5-7-9-15)24-19-17(16)14-23-25(19)4-2;;/h5-9,13-14,21H,3-4,10-12H2,1-2H3,(H,22,26);2*1H. The highest BCUT2D eigenvalue weighted by atomic mass is 35.5. The zero-order chi connectivity index (χ0) is 18.4. The zero-order valence-electron chi connectivity index (χ0n) is 16.1. The molecule has 2 N–H and O–H groups in total. The van der Waals surface area contributed by atoms with Crippen molar-refractivity contribution in [2.75, 3.05) is 19.6 Å². The number of nitrogens with one attached hydrogen (secondary N) is 2. The van der Waals surface area contributed by atoms with Crippen LogP contribution in [0.25, 0.3) is 22.3 Å². The first kappa shape index (κ1) is 23.9. The fraction of sp³-hybridized carbons (Fsp3) is 0.350. The van der Waals surface area contributed by atoms with Crippen LogP contribution in [0.2, 0.25) is 0 Å². The second-order valence-corrected chi connectivity index (χ2v) is 6.12. The number of aryl methyl sites for hydroxylation is 1. The zero-order valence-corrected chi connectivity index (χ0v) is 17.8. The summed E-state index contributed by atoms with van der Waals surface area (Å²) in [5.74, 6) is -0.0940. The van der Waals surface area contributed by atoms with Gasteiger partial charge in [0.1, 0.15) is 0 Å². The lowest BCUT2D eigenvalue weighted by Crippen LogP contribution is -2.32. The maximum absolute atomic E-state index is 12.8. The molecule has 152 valence electrons. The highest BCUT2D eigenvalue weighted by Gasteiger charge is 2.16. The molecule has 3 aromatic rings. The summed E-state index contributed by atoms with van der Waals surface area (Å²) in [4.78, 5) is 17.5. The molecular weight excluding hydrogens is 397 g/mol. The summed E-state index contributed by atoms with van der Waals surface area (Å²) < 4.78 is 1.82. The SMILES string of the molecule is CCCNCCNC(=O)c1cc(-c2ccccc2)nc2c1cnn2CC.Cl.Cl. The monoisotopic (exact) mass is 423 g/mol. The lowest BCUT2D eigenvalue weighted by molar-refractivity contribution is 0.0955. The molecule has 0 unspecified atom stereocenters. The fourth-order valence-electron chi connectivity index (χ4n) is 2.89. The van der Waals surface area contributed by atoms with Gasteiger partial charge in [0.25, 0.3) is 5.91 Å². The Morgan fingerprint density at radius 1 is 1.07 bits per heavy atom. The molecule has 0 radical (unpaired) electrons. The Hall–Kier alpha value is -2.15. The number of carbonyl (C=O) groups excluding carboxylic acids is 1. The second-order valence-electron chi connectivity index (χ2n) is 6.12. The van der Waals surface area contributed by atoms with Gasteiger partial charge in [0.2, 0.25) is 0 Å². The molecule has 0 fully saturated rings. The third kappa shape index (κ3) is 5.44. The maximum atomic E-state index is 12.8. The van der Waals surface area contributed by atoms with E-state index in [1.54, 1.807) is 6.20 Å². The molecule has 0 spiro atoms. The van der Waals surface area contributed by atoms with Crippen LogP contribution >= 0.6 is 24.8 Å². The minimum Gasteiger partial charge on any atom is -0.351 e. The third-order valence-electron chi connectivity index (χ3n) is 4.24. The summed E-state index contributed by atoms with van der Waals surface area (Å²) >= 11 is 0. The summed E-state index contributed by atoms with van der Waals surface area (Å²) in [6.07, 6.45) is 2.81. The summed E-state index contributed by atoms with van der Waals surface area (Å²) in [5.41, 5.74) is 3.12. The topological polar surface area (TPSA) is 71.8 Å². The Morgan fingerprint density at radius 3 is 2.50 bits per heavy atom. The number of hydrogen-bond acceptors (Lipinski definition) is 4. The van der Waals surface area contributed by atoms with E-state index in [9.17, 15) is 4.79 Å². The van der Waals surface area contributed by atoms with Gasteiger partial charge in [0.15, 0.2) is 5.65 Å². The van der Waals surface area contributed by atoms with Crippen LogP contribution in [0.1, 0.15) is 30.6 Å². The van der Waals surface area contributed by atoms with Crippen LogP contribution in [-0.4, -0.2) is 40.3 Å². The van der Waals surface area contributed by atoms with Crippen molar-refractivity contribution in [1.82, 2.24) is 25.4 Å². The number of amides is 1. The minimum atomic E-state index is -0.0940. The lowest BCUT2D eigenvalue weighted by atomic mass is 10.1. The van der Waals surface area contributed by atoms with Gasteiger partial charge in [-0.3, -0.25) is 4.79 Å². The van der Waals surface area contributed by atoms with Crippen LogP contribution in [0.5, 0.6) is 0 Å². The first-order chi connectivity index (χ1) is 12.7. The molecule has 1 aromatic carbocycles. The van der Waals surface area contributed by atoms with E-state index in [0.717, 1.165) is 41.8 Å². The number of nitrogens with zero attached hydrogens (tertiary/aromatic N) is 3.